The minimum Gasteiger partial charge on any atom is -0.493 e. The number of nitrogens with one attached hydrogen (secondary N) is 1. The van der Waals surface area contributed by atoms with Gasteiger partial charge in [0.25, 0.3) is 5.91 Å². The molecule has 0 bridgehead atoms. The first-order valence-electron chi connectivity index (χ1n) is 6.02. The Morgan fingerprint density at radius 2 is 2.28 bits per heavy atom. The molecule has 0 atom stereocenters. The fraction of sp³-hybridized carbons (Fsp3) is 0.462. The lowest BCUT2D eigenvalue weighted by atomic mass is 10.2. The van der Waals surface area contributed by atoms with Gasteiger partial charge in [0.1, 0.15) is 0 Å². The number of para-hydroxylation sites is 1. The van der Waals surface area contributed by atoms with Crippen LogP contribution in [0.4, 0.5) is 0 Å². The molecule has 1 aliphatic carbocycles. The Hall–Kier alpha value is -1.75. The molecule has 1 amide bonds. The zero-order valence-electron chi connectivity index (χ0n) is 10.4. The van der Waals surface area contributed by atoms with Crippen LogP contribution in [-0.4, -0.2) is 25.7 Å². The molecular weight excluding hydrogens is 232 g/mol. The van der Waals surface area contributed by atoms with E-state index in [1.165, 1.54) is 0 Å². The largest absolute Gasteiger partial charge is 0.493 e. The number of benzene rings is 1. The number of carbonyl (C=O) groups is 1. The van der Waals surface area contributed by atoms with Crippen LogP contribution in [0.1, 0.15) is 18.4 Å². The van der Waals surface area contributed by atoms with Crippen LogP contribution in [-0.2, 0) is 11.3 Å². The summed E-state index contributed by atoms with van der Waals surface area (Å²) in [5.74, 6) is 1.04. The number of nitrogens with two attached hydrogens (primary N) is 1. The molecule has 5 nitrogen and oxygen atoms in total. The summed E-state index contributed by atoms with van der Waals surface area (Å²) in [6, 6.07) is 5.83. The predicted octanol–water partition coefficient (Wildman–Crippen LogP) is 0.811. The van der Waals surface area contributed by atoms with Crippen LogP contribution in [0.5, 0.6) is 11.5 Å². The molecule has 18 heavy (non-hydrogen) atoms. The highest BCUT2D eigenvalue weighted by molar-refractivity contribution is 5.78. The van der Waals surface area contributed by atoms with E-state index in [9.17, 15) is 4.79 Å². The van der Waals surface area contributed by atoms with Crippen molar-refractivity contribution in [3.63, 3.8) is 0 Å². The highest BCUT2D eigenvalue weighted by atomic mass is 16.5. The van der Waals surface area contributed by atoms with Crippen molar-refractivity contribution in [1.29, 1.82) is 0 Å². The molecule has 1 fully saturated rings. The van der Waals surface area contributed by atoms with Crippen molar-refractivity contribution < 1.29 is 14.3 Å². The van der Waals surface area contributed by atoms with E-state index >= 15 is 0 Å². The number of amides is 1. The van der Waals surface area contributed by atoms with Crippen molar-refractivity contribution in [3.05, 3.63) is 23.8 Å². The molecule has 2 rings (SSSR count). The van der Waals surface area contributed by atoms with Gasteiger partial charge in [-0.2, -0.15) is 0 Å². The standard InChI is InChI=1S/C13H18N2O3/c1-17-11-4-2-3-9(7-14)13(11)18-8-12(16)15-10-5-6-10/h2-4,10H,5-8,14H2,1H3,(H,15,16). The van der Waals surface area contributed by atoms with E-state index in [0.717, 1.165) is 18.4 Å². The van der Waals surface area contributed by atoms with Gasteiger partial charge in [-0.05, 0) is 18.9 Å². The average molecular weight is 250 g/mol. The fourth-order valence-electron chi connectivity index (χ4n) is 1.68. The van der Waals surface area contributed by atoms with E-state index in [-0.39, 0.29) is 12.5 Å². The molecule has 1 saturated carbocycles. The number of hydrogen-bond acceptors (Lipinski definition) is 4. The number of methoxy groups -OCH3 is 1. The van der Waals surface area contributed by atoms with Gasteiger partial charge in [-0.15, -0.1) is 0 Å². The number of rotatable bonds is 6. The first-order chi connectivity index (χ1) is 8.74. The normalized spacial score (nSPS) is 14.1. The highest BCUT2D eigenvalue weighted by Crippen LogP contribution is 2.30. The second-order valence-corrected chi connectivity index (χ2v) is 4.28. The van der Waals surface area contributed by atoms with Crippen LogP contribution < -0.4 is 20.5 Å². The van der Waals surface area contributed by atoms with Crippen molar-refractivity contribution in [3.8, 4) is 11.5 Å². The van der Waals surface area contributed by atoms with Crippen molar-refractivity contribution >= 4 is 5.91 Å². The Morgan fingerprint density at radius 1 is 1.50 bits per heavy atom. The maximum absolute atomic E-state index is 11.6. The minimum atomic E-state index is -0.105. The van der Waals surface area contributed by atoms with Crippen LogP contribution in [0.2, 0.25) is 0 Å². The molecular formula is C13H18N2O3. The third kappa shape index (κ3) is 3.13. The molecule has 3 N–H and O–H groups in total. The lowest BCUT2D eigenvalue weighted by Gasteiger charge is -2.13. The minimum absolute atomic E-state index is 0.0100. The molecule has 0 radical (unpaired) electrons. The van der Waals surface area contributed by atoms with Crippen molar-refractivity contribution in [2.45, 2.75) is 25.4 Å². The molecule has 98 valence electrons. The maximum atomic E-state index is 11.6. The third-order valence-corrected chi connectivity index (χ3v) is 2.79. The summed E-state index contributed by atoms with van der Waals surface area (Å²) in [5.41, 5.74) is 6.46. The summed E-state index contributed by atoms with van der Waals surface area (Å²) in [6.07, 6.45) is 2.13. The summed E-state index contributed by atoms with van der Waals surface area (Å²) < 4.78 is 10.7. The Labute approximate surface area is 106 Å². The van der Waals surface area contributed by atoms with Gasteiger partial charge < -0.3 is 20.5 Å². The van der Waals surface area contributed by atoms with E-state index in [4.69, 9.17) is 15.2 Å². The van der Waals surface area contributed by atoms with Crippen LogP contribution in [0.15, 0.2) is 18.2 Å². The number of hydrogen-bond donors (Lipinski definition) is 2. The summed E-state index contributed by atoms with van der Waals surface area (Å²) in [7, 11) is 1.56. The molecule has 0 heterocycles. The molecule has 1 aromatic rings. The zero-order valence-corrected chi connectivity index (χ0v) is 10.4. The monoisotopic (exact) mass is 250 g/mol. The summed E-state index contributed by atoms with van der Waals surface area (Å²) in [4.78, 5) is 11.6. The lowest BCUT2D eigenvalue weighted by Crippen LogP contribution is -2.30. The van der Waals surface area contributed by atoms with E-state index < -0.39 is 0 Å². The van der Waals surface area contributed by atoms with Crippen molar-refractivity contribution in [2.75, 3.05) is 13.7 Å². The Kier molecular flexibility index (Phi) is 4.04. The van der Waals surface area contributed by atoms with Gasteiger partial charge in [0, 0.05) is 18.2 Å². The second-order valence-electron chi connectivity index (χ2n) is 4.28. The van der Waals surface area contributed by atoms with Crippen LogP contribution >= 0.6 is 0 Å². The third-order valence-electron chi connectivity index (χ3n) is 2.79. The van der Waals surface area contributed by atoms with Gasteiger partial charge in [-0.1, -0.05) is 12.1 Å². The summed E-state index contributed by atoms with van der Waals surface area (Å²) >= 11 is 0. The van der Waals surface area contributed by atoms with Gasteiger partial charge in [0.2, 0.25) is 0 Å². The quantitative estimate of drug-likeness (QED) is 0.783. The molecule has 0 unspecified atom stereocenters. The second kappa shape index (κ2) is 5.73. The number of ether oxygens (including phenoxy) is 2. The topological polar surface area (TPSA) is 73.6 Å². The molecule has 5 heteroatoms. The molecule has 0 aromatic heterocycles. The van der Waals surface area contributed by atoms with Crippen molar-refractivity contribution in [2.24, 2.45) is 5.73 Å². The molecule has 1 aromatic carbocycles. The summed E-state index contributed by atoms with van der Waals surface area (Å²) in [5, 5.41) is 2.86. The van der Waals surface area contributed by atoms with Gasteiger partial charge in [-0.3, -0.25) is 4.79 Å². The van der Waals surface area contributed by atoms with Gasteiger partial charge >= 0.3 is 0 Å². The maximum Gasteiger partial charge on any atom is 0.258 e. The van der Waals surface area contributed by atoms with Crippen molar-refractivity contribution in [1.82, 2.24) is 5.32 Å². The van der Waals surface area contributed by atoms with Gasteiger partial charge in [0.05, 0.1) is 7.11 Å². The van der Waals surface area contributed by atoms with Gasteiger partial charge in [-0.25, -0.2) is 0 Å². The molecule has 0 saturated heterocycles. The van der Waals surface area contributed by atoms with Gasteiger partial charge in [0.15, 0.2) is 18.1 Å². The first kappa shape index (κ1) is 12.7. The van der Waals surface area contributed by atoms with Crippen LogP contribution in [0.25, 0.3) is 0 Å². The van der Waals surface area contributed by atoms with E-state index in [1.807, 2.05) is 12.1 Å². The average Bonchev–Trinajstić information content (AvgIpc) is 3.19. The predicted molar refractivity (Wildman–Crippen MR) is 67.5 cm³/mol. The summed E-state index contributed by atoms with van der Waals surface area (Å²) in [6.45, 7) is 0.334. The Balaban J connectivity index is 1.99. The smallest absolute Gasteiger partial charge is 0.258 e. The lowest BCUT2D eigenvalue weighted by molar-refractivity contribution is -0.123. The fourth-order valence-corrected chi connectivity index (χ4v) is 1.68. The Bertz CT molecular complexity index is 408. The molecule has 0 spiro atoms. The SMILES string of the molecule is COc1cccc(CN)c1OCC(=O)NC1CC1. The first-order valence-corrected chi connectivity index (χ1v) is 6.02. The van der Waals surface area contributed by atoms with Crippen LogP contribution in [0, 0.1) is 0 Å². The zero-order chi connectivity index (χ0) is 13.0. The van der Waals surface area contributed by atoms with Crippen LogP contribution in [0.3, 0.4) is 0 Å². The van der Waals surface area contributed by atoms with E-state index in [2.05, 4.69) is 5.32 Å². The molecule has 1 aliphatic rings. The number of carbonyl (C=O) groups excluding carboxylic acids is 1. The highest BCUT2D eigenvalue weighted by Gasteiger charge is 2.23. The van der Waals surface area contributed by atoms with E-state index in [1.54, 1.807) is 13.2 Å². The van der Waals surface area contributed by atoms with E-state index in [0.29, 0.717) is 24.1 Å². The molecule has 0 aliphatic heterocycles. The Morgan fingerprint density at radius 3 is 2.89 bits per heavy atom.